The fourth-order valence-electron chi connectivity index (χ4n) is 3.73. The lowest BCUT2D eigenvalue weighted by molar-refractivity contribution is -0.137. The minimum atomic E-state index is -4.47. The van der Waals surface area contributed by atoms with Gasteiger partial charge < -0.3 is 0 Å². The van der Waals surface area contributed by atoms with E-state index in [9.17, 15) is 27.6 Å². The molecule has 3 aromatic carbocycles. The average molecular weight is 476 g/mol. The van der Waals surface area contributed by atoms with Crippen LogP contribution in [0.4, 0.5) is 13.2 Å². The number of carbonyl (C=O) groups is 3. The Labute approximate surface area is 201 Å². The van der Waals surface area contributed by atoms with Gasteiger partial charge in [-0.1, -0.05) is 61.7 Å². The Hall–Kier alpha value is -4.06. The van der Waals surface area contributed by atoms with Crippen LogP contribution in [-0.2, 0) is 17.4 Å². The molecule has 0 aliphatic heterocycles. The number of alkyl halides is 3. The van der Waals surface area contributed by atoms with Crippen molar-refractivity contribution in [3.63, 3.8) is 0 Å². The summed E-state index contributed by atoms with van der Waals surface area (Å²) in [7, 11) is 0. The van der Waals surface area contributed by atoms with Crippen LogP contribution in [-0.4, -0.2) is 17.3 Å². The van der Waals surface area contributed by atoms with Gasteiger partial charge in [0.1, 0.15) is 5.78 Å². The number of allylic oxidation sites excluding steroid dienone is 2. The number of Topliss-reactive ketones (excluding diaryl/α,β-unsaturated/α-hetero) is 3. The molecule has 3 aromatic rings. The van der Waals surface area contributed by atoms with Crippen molar-refractivity contribution in [3.8, 4) is 11.1 Å². The highest BCUT2D eigenvalue weighted by Gasteiger charge is 2.30. The van der Waals surface area contributed by atoms with Gasteiger partial charge in [-0.25, -0.2) is 0 Å². The third-order valence-electron chi connectivity index (χ3n) is 5.46. The van der Waals surface area contributed by atoms with Crippen molar-refractivity contribution < 1.29 is 27.6 Å². The minimum absolute atomic E-state index is 0.0448. The predicted molar refractivity (Wildman–Crippen MR) is 130 cm³/mol. The predicted octanol–water partition coefficient (Wildman–Crippen LogP) is 7.16. The monoisotopic (exact) mass is 476 g/mol. The van der Waals surface area contributed by atoms with E-state index in [1.165, 1.54) is 19.1 Å². The smallest absolute Gasteiger partial charge is 0.300 e. The highest BCUT2D eigenvalue weighted by Crippen LogP contribution is 2.33. The van der Waals surface area contributed by atoms with Crippen LogP contribution in [0.3, 0.4) is 0 Å². The van der Waals surface area contributed by atoms with Gasteiger partial charge >= 0.3 is 6.18 Å². The molecule has 0 atom stereocenters. The SMILES string of the molecule is C=C(C)C(=O)c1cc(CC(C)=O)ccc1C(=C)C(=O)c1ccccc1-c1ccc(C(F)(F)F)cc1. The highest BCUT2D eigenvalue weighted by atomic mass is 19.4. The Kier molecular flexibility index (Phi) is 7.34. The van der Waals surface area contributed by atoms with Crippen LogP contribution >= 0.6 is 0 Å². The summed E-state index contributed by atoms with van der Waals surface area (Å²) in [6.45, 7) is 10.6. The summed E-state index contributed by atoms with van der Waals surface area (Å²) in [5, 5.41) is 0. The van der Waals surface area contributed by atoms with Crippen LogP contribution in [0, 0.1) is 0 Å². The number of benzene rings is 3. The Morgan fingerprint density at radius 1 is 0.771 bits per heavy atom. The second-order valence-corrected chi connectivity index (χ2v) is 8.30. The molecule has 0 radical (unpaired) electrons. The first-order chi connectivity index (χ1) is 16.4. The maximum absolute atomic E-state index is 13.5. The maximum Gasteiger partial charge on any atom is 0.416 e. The Balaban J connectivity index is 2.05. The zero-order valence-electron chi connectivity index (χ0n) is 19.3. The molecule has 0 aromatic heterocycles. The van der Waals surface area contributed by atoms with Gasteiger partial charge in [0.15, 0.2) is 11.6 Å². The van der Waals surface area contributed by atoms with E-state index in [0.717, 1.165) is 12.1 Å². The fraction of sp³-hybridized carbons (Fsp3) is 0.138. The third kappa shape index (κ3) is 5.72. The summed E-state index contributed by atoms with van der Waals surface area (Å²) in [5.74, 6) is -0.933. The molecule has 0 spiro atoms. The molecule has 0 amide bonds. The van der Waals surface area contributed by atoms with Gasteiger partial charge in [-0.2, -0.15) is 13.2 Å². The van der Waals surface area contributed by atoms with Gasteiger partial charge in [0.25, 0.3) is 0 Å². The van der Waals surface area contributed by atoms with Gasteiger partial charge in [-0.15, -0.1) is 0 Å². The summed E-state index contributed by atoms with van der Waals surface area (Å²) in [6.07, 6.45) is -4.34. The van der Waals surface area contributed by atoms with E-state index >= 15 is 0 Å². The van der Waals surface area contributed by atoms with Gasteiger partial charge in [0, 0.05) is 23.1 Å². The van der Waals surface area contributed by atoms with Crippen LogP contribution in [0.15, 0.2) is 85.5 Å². The fourth-order valence-corrected chi connectivity index (χ4v) is 3.73. The zero-order chi connectivity index (χ0) is 25.9. The summed E-state index contributed by atoms with van der Waals surface area (Å²) < 4.78 is 38.9. The molecule has 0 N–H and O–H groups in total. The number of carbonyl (C=O) groups excluding carboxylic acids is 3. The molecule has 35 heavy (non-hydrogen) atoms. The minimum Gasteiger partial charge on any atom is -0.300 e. The first-order valence-electron chi connectivity index (χ1n) is 10.7. The Bertz CT molecular complexity index is 1350. The van der Waals surface area contributed by atoms with Crippen molar-refractivity contribution in [2.45, 2.75) is 26.4 Å². The van der Waals surface area contributed by atoms with E-state index in [-0.39, 0.29) is 40.3 Å². The molecule has 0 unspecified atom stereocenters. The molecule has 6 heteroatoms. The lowest BCUT2D eigenvalue weighted by atomic mass is 9.87. The standard InChI is InChI=1S/C29H23F3O3/c1-17(2)27(34)26-16-20(15-18(3)33)9-14-23(26)19(4)28(35)25-8-6-5-7-24(25)21-10-12-22(13-11-21)29(30,31)32/h5-14,16H,1,4,15H2,2-3H3. The van der Waals surface area contributed by atoms with Crippen molar-refractivity contribution >= 4 is 22.9 Å². The Morgan fingerprint density at radius 3 is 1.97 bits per heavy atom. The molecule has 0 saturated carbocycles. The Morgan fingerprint density at radius 2 is 1.40 bits per heavy atom. The van der Waals surface area contributed by atoms with Crippen molar-refractivity contribution in [1.82, 2.24) is 0 Å². The van der Waals surface area contributed by atoms with Crippen molar-refractivity contribution in [1.29, 1.82) is 0 Å². The van der Waals surface area contributed by atoms with Gasteiger partial charge in [-0.05, 0) is 59.9 Å². The van der Waals surface area contributed by atoms with E-state index in [1.54, 1.807) is 49.4 Å². The van der Waals surface area contributed by atoms with Gasteiger partial charge in [-0.3, -0.25) is 14.4 Å². The number of hydrogen-bond acceptors (Lipinski definition) is 3. The number of hydrogen-bond donors (Lipinski definition) is 0. The third-order valence-corrected chi connectivity index (χ3v) is 5.46. The topological polar surface area (TPSA) is 51.2 Å². The van der Waals surface area contributed by atoms with E-state index in [1.807, 2.05) is 0 Å². The molecule has 0 saturated heterocycles. The molecule has 0 fully saturated rings. The normalized spacial score (nSPS) is 11.1. The van der Waals surface area contributed by atoms with Crippen LogP contribution in [0.25, 0.3) is 16.7 Å². The zero-order valence-corrected chi connectivity index (χ0v) is 19.3. The number of ketones is 3. The first-order valence-corrected chi connectivity index (χ1v) is 10.7. The molecule has 3 rings (SSSR count). The van der Waals surface area contributed by atoms with Crippen LogP contribution in [0.5, 0.6) is 0 Å². The average Bonchev–Trinajstić information content (AvgIpc) is 2.81. The van der Waals surface area contributed by atoms with E-state index < -0.39 is 17.5 Å². The lowest BCUT2D eigenvalue weighted by Crippen LogP contribution is -2.11. The van der Waals surface area contributed by atoms with E-state index in [0.29, 0.717) is 22.3 Å². The highest BCUT2D eigenvalue weighted by molar-refractivity contribution is 6.32. The summed E-state index contributed by atoms with van der Waals surface area (Å²) >= 11 is 0. The van der Waals surface area contributed by atoms with E-state index in [4.69, 9.17) is 0 Å². The molecule has 0 aliphatic rings. The summed E-state index contributed by atoms with van der Waals surface area (Å²) in [5.41, 5.74) is 1.76. The van der Waals surface area contributed by atoms with Crippen LogP contribution < -0.4 is 0 Å². The quantitative estimate of drug-likeness (QED) is 0.256. The van der Waals surface area contributed by atoms with Crippen LogP contribution in [0.1, 0.15) is 51.3 Å². The molecular weight excluding hydrogens is 453 g/mol. The second kappa shape index (κ2) is 10.1. The lowest BCUT2D eigenvalue weighted by Gasteiger charge is -2.15. The van der Waals surface area contributed by atoms with Crippen LogP contribution in [0.2, 0.25) is 0 Å². The molecule has 0 aliphatic carbocycles. The van der Waals surface area contributed by atoms with Gasteiger partial charge in [0.05, 0.1) is 5.56 Å². The first kappa shape index (κ1) is 25.6. The van der Waals surface area contributed by atoms with E-state index in [2.05, 4.69) is 13.2 Å². The van der Waals surface area contributed by atoms with Crippen molar-refractivity contribution in [2.24, 2.45) is 0 Å². The number of rotatable bonds is 8. The largest absolute Gasteiger partial charge is 0.416 e. The van der Waals surface area contributed by atoms with Crippen molar-refractivity contribution in [3.05, 3.63) is 113 Å². The summed E-state index contributed by atoms with van der Waals surface area (Å²) in [4.78, 5) is 37.9. The molecule has 0 heterocycles. The molecule has 178 valence electrons. The molecule has 0 bridgehead atoms. The van der Waals surface area contributed by atoms with Crippen molar-refractivity contribution in [2.75, 3.05) is 0 Å². The second-order valence-electron chi connectivity index (χ2n) is 8.30. The number of halogens is 3. The van der Waals surface area contributed by atoms with Gasteiger partial charge in [0.2, 0.25) is 0 Å². The summed E-state index contributed by atoms with van der Waals surface area (Å²) in [6, 6.07) is 15.9. The maximum atomic E-state index is 13.5. The molecule has 3 nitrogen and oxygen atoms in total. The molecular formula is C29H23F3O3.